The Bertz CT molecular complexity index is 371. The summed E-state index contributed by atoms with van der Waals surface area (Å²) in [4.78, 5) is 35.8. The fraction of sp³-hybridized carbons (Fsp3) is 0.769. The zero-order valence-corrected chi connectivity index (χ0v) is 12.0. The number of aliphatic carboxylic acids is 1. The third-order valence-electron chi connectivity index (χ3n) is 3.20. The van der Waals surface area contributed by atoms with Crippen molar-refractivity contribution in [3.8, 4) is 0 Å². The second-order valence-electron chi connectivity index (χ2n) is 5.44. The summed E-state index contributed by atoms with van der Waals surface area (Å²) in [5.74, 6) is -1.28. The van der Waals surface area contributed by atoms with E-state index in [0.717, 1.165) is 0 Å². The molecule has 1 saturated heterocycles. The molecule has 7 heteroatoms. The highest BCUT2D eigenvalue weighted by Gasteiger charge is 2.22. The minimum atomic E-state index is -0.897. The molecule has 0 aromatic heterocycles. The number of carbonyl (C=O) groups is 3. The van der Waals surface area contributed by atoms with Gasteiger partial charge in [0.2, 0.25) is 5.91 Å². The van der Waals surface area contributed by atoms with Crippen LogP contribution in [0.15, 0.2) is 0 Å². The molecule has 1 aliphatic heterocycles. The molecule has 1 rings (SSSR count). The number of rotatable bonds is 5. The Balaban J connectivity index is 2.44. The summed E-state index contributed by atoms with van der Waals surface area (Å²) in [5, 5.41) is 14.4. The molecule has 0 aliphatic carbocycles. The van der Waals surface area contributed by atoms with Crippen LogP contribution in [0.2, 0.25) is 0 Å². The molecule has 1 atom stereocenters. The molecular formula is C13H23N3O4. The van der Waals surface area contributed by atoms with Gasteiger partial charge in [-0.3, -0.25) is 9.59 Å². The quantitative estimate of drug-likeness (QED) is 0.675. The molecule has 20 heavy (non-hydrogen) atoms. The van der Waals surface area contributed by atoms with E-state index in [1.807, 2.05) is 13.8 Å². The molecule has 0 spiro atoms. The number of hydrogen-bond donors (Lipinski definition) is 3. The van der Waals surface area contributed by atoms with Crippen molar-refractivity contribution in [3.05, 3.63) is 0 Å². The van der Waals surface area contributed by atoms with Crippen LogP contribution in [-0.4, -0.2) is 54.1 Å². The lowest BCUT2D eigenvalue weighted by atomic mass is 9.97. The van der Waals surface area contributed by atoms with Crippen LogP contribution >= 0.6 is 0 Å². The van der Waals surface area contributed by atoms with Crippen molar-refractivity contribution in [2.45, 2.75) is 26.7 Å². The Hall–Kier alpha value is -1.79. The molecule has 1 fully saturated rings. The van der Waals surface area contributed by atoms with E-state index in [0.29, 0.717) is 26.1 Å². The van der Waals surface area contributed by atoms with E-state index in [4.69, 9.17) is 5.11 Å². The molecule has 3 amide bonds. The number of carboxylic acid groups (broad SMARTS) is 1. The summed E-state index contributed by atoms with van der Waals surface area (Å²) in [5.41, 5.74) is 0. The number of nitrogens with one attached hydrogen (secondary N) is 2. The van der Waals surface area contributed by atoms with E-state index < -0.39 is 11.9 Å². The van der Waals surface area contributed by atoms with Crippen LogP contribution in [0.1, 0.15) is 26.7 Å². The van der Waals surface area contributed by atoms with Gasteiger partial charge < -0.3 is 20.6 Å². The molecule has 3 N–H and O–H groups in total. The summed E-state index contributed by atoms with van der Waals surface area (Å²) < 4.78 is 0. The molecular weight excluding hydrogens is 262 g/mol. The first-order valence-electron chi connectivity index (χ1n) is 6.92. The van der Waals surface area contributed by atoms with E-state index in [9.17, 15) is 14.4 Å². The molecule has 0 aromatic carbocycles. The van der Waals surface area contributed by atoms with Crippen LogP contribution in [-0.2, 0) is 9.59 Å². The topological polar surface area (TPSA) is 98.7 Å². The Kier molecular flexibility index (Phi) is 6.27. The molecule has 0 aromatic rings. The van der Waals surface area contributed by atoms with Crippen LogP contribution in [0.4, 0.5) is 4.79 Å². The van der Waals surface area contributed by atoms with E-state index in [-0.39, 0.29) is 30.8 Å². The SMILES string of the molecule is CC(C)CC(CNC(=O)N1CCNC(=O)CC1)C(=O)O. The molecule has 0 radical (unpaired) electrons. The number of carbonyl (C=O) groups excluding carboxylic acids is 2. The maximum atomic E-state index is 12.0. The Labute approximate surface area is 118 Å². The number of amides is 3. The van der Waals surface area contributed by atoms with Gasteiger partial charge in [0.05, 0.1) is 5.92 Å². The first-order valence-corrected chi connectivity index (χ1v) is 6.92. The van der Waals surface area contributed by atoms with E-state index >= 15 is 0 Å². The Morgan fingerprint density at radius 2 is 2.10 bits per heavy atom. The van der Waals surface area contributed by atoms with Gasteiger partial charge in [-0.05, 0) is 12.3 Å². The molecule has 0 saturated carbocycles. The monoisotopic (exact) mass is 285 g/mol. The van der Waals surface area contributed by atoms with Crippen LogP contribution in [0.25, 0.3) is 0 Å². The lowest BCUT2D eigenvalue weighted by molar-refractivity contribution is -0.142. The van der Waals surface area contributed by atoms with Crippen molar-refractivity contribution in [2.24, 2.45) is 11.8 Å². The zero-order valence-electron chi connectivity index (χ0n) is 12.0. The van der Waals surface area contributed by atoms with E-state index in [2.05, 4.69) is 10.6 Å². The van der Waals surface area contributed by atoms with Gasteiger partial charge in [-0.1, -0.05) is 13.8 Å². The van der Waals surface area contributed by atoms with Gasteiger partial charge in [0.15, 0.2) is 0 Å². The largest absolute Gasteiger partial charge is 0.481 e. The van der Waals surface area contributed by atoms with Gasteiger partial charge in [0, 0.05) is 32.6 Å². The van der Waals surface area contributed by atoms with Gasteiger partial charge in [-0.2, -0.15) is 0 Å². The highest BCUT2D eigenvalue weighted by atomic mass is 16.4. The van der Waals surface area contributed by atoms with Gasteiger partial charge in [0.25, 0.3) is 0 Å². The third-order valence-corrected chi connectivity index (χ3v) is 3.20. The number of hydrogen-bond acceptors (Lipinski definition) is 3. The zero-order chi connectivity index (χ0) is 15.1. The lowest BCUT2D eigenvalue weighted by Crippen LogP contribution is -2.44. The number of carboxylic acids is 1. The van der Waals surface area contributed by atoms with Crippen LogP contribution in [0, 0.1) is 11.8 Å². The summed E-state index contributed by atoms with van der Waals surface area (Å²) >= 11 is 0. The Morgan fingerprint density at radius 3 is 2.70 bits per heavy atom. The van der Waals surface area contributed by atoms with Gasteiger partial charge in [0.1, 0.15) is 0 Å². The fourth-order valence-corrected chi connectivity index (χ4v) is 2.13. The molecule has 1 aliphatic rings. The van der Waals surface area contributed by atoms with Crippen molar-refractivity contribution < 1.29 is 19.5 Å². The fourth-order valence-electron chi connectivity index (χ4n) is 2.13. The average Bonchev–Trinajstić information content (AvgIpc) is 2.58. The molecule has 1 heterocycles. The highest BCUT2D eigenvalue weighted by molar-refractivity contribution is 5.79. The van der Waals surface area contributed by atoms with E-state index in [1.54, 1.807) is 0 Å². The molecule has 0 bridgehead atoms. The second-order valence-corrected chi connectivity index (χ2v) is 5.44. The van der Waals surface area contributed by atoms with Gasteiger partial charge in [-0.25, -0.2) is 4.79 Å². The average molecular weight is 285 g/mol. The lowest BCUT2D eigenvalue weighted by Gasteiger charge is -2.22. The summed E-state index contributed by atoms with van der Waals surface area (Å²) in [6.07, 6.45) is 0.803. The number of nitrogens with zero attached hydrogens (tertiary/aromatic N) is 1. The summed E-state index contributed by atoms with van der Waals surface area (Å²) in [7, 11) is 0. The van der Waals surface area contributed by atoms with Crippen molar-refractivity contribution >= 4 is 17.9 Å². The highest BCUT2D eigenvalue weighted by Crippen LogP contribution is 2.11. The standard InChI is InChI=1S/C13H23N3O4/c1-9(2)7-10(12(18)19)8-15-13(20)16-5-3-11(17)14-4-6-16/h9-10H,3-8H2,1-2H3,(H,14,17)(H,15,20)(H,18,19). The number of urea groups is 1. The maximum absolute atomic E-state index is 12.0. The van der Waals surface area contributed by atoms with Gasteiger partial charge >= 0.3 is 12.0 Å². The van der Waals surface area contributed by atoms with Crippen molar-refractivity contribution in [1.82, 2.24) is 15.5 Å². The predicted octanol–water partition coefficient (Wildman–Crippen LogP) is 0.265. The van der Waals surface area contributed by atoms with Crippen LogP contribution in [0.3, 0.4) is 0 Å². The third kappa shape index (κ3) is 5.46. The van der Waals surface area contributed by atoms with Gasteiger partial charge in [-0.15, -0.1) is 0 Å². The molecule has 114 valence electrons. The van der Waals surface area contributed by atoms with Crippen LogP contribution in [0.5, 0.6) is 0 Å². The smallest absolute Gasteiger partial charge is 0.317 e. The minimum absolute atomic E-state index is 0.0662. The molecule has 7 nitrogen and oxygen atoms in total. The second kappa shape index (κ2) is 7.72. The first kappa shape index (κ1) is 16.3. The van der Waals surface area contributed by atoms with E-state index in [1.165, 1.54) is 4.90 Å². The minimum Gasteiger partial charge on any atom is -0.481 e. The first-order chi connectivity index (χ1) is 9.40. The van der Waals surface area contributed by atoms with Crippen molar-refractivity contribution in [2.75, 3.05) is 26.2 Å². The maximum Gasteiger partial charge on any atom is 0.317 e. The summed E-state index contributed by atoms with van der Waals surface area (Å²) in [6.45, 7) is 5.25. The normalized spacial score (nSPS) is 17.4. The Morgan fingerprint density at radius 1 is 1.40 bits per heavy atom. The van der Waals surface area contributed by atoms with Crippen molar-refractivity contribution in [3.63, 3.8) is 0 Å². The molecule has 1 unspecified atom stereocenters. The predicted molar refractivity (Wildman–Crippen MR) is 73.2 cm³/mol. The summed E-state index contributed by atoms with van der Waals surface area (Å²) in [6, 6.07) is -0.309. The van der Waals surface area contributed by atoms with Crippen LogP contribution < -0.4 is 10.6 Å². The van der Waals surface area contributed by atoms with Crippen molar-refractivity contribution in [1.29, 1.82) is 0 Å².